The van der Waals surface area contributed by atoms with E-state index in [1.807, 2.05) is 37.3 Å². The molecule has 0 aliphatic heterocycles. The summed E-state index contributed by atoms with van der Waals surface area (Å²) in [5.41, 5.74) is 1.90. The number of hydrogen-bond donors (Lipinski definition) is 3. The van der Waals surface area contributed by atoms with Crippen molar-refractivity contribution >= 4 is 23.0 Å². The van der Waals surface area contributed by atoms with Gasteiger partial charge < -0.3 is 15.4 Å². The SMILES string of the molecule is CCOc1ccc(NC(=S)NCc2ccn[nH]2)cc1. The van der Waals surface area contributed by atoms with Gasteiger partial charge in [0.2, 0.25) is 0 Å². The van der Waals surface area contributed by atoms with Gasteiger partial charge in [0.25, 0.3) is 0 Å². The Hall–Kier alpha value is -2.08. The van der Waals surface area contributed by atoms with E-state index in [0.29, 0.717) is 18.3 Å². The molecule has 2 rings (SSSR count). The minimum atomic E-state index is 0.568. The van der Waals surface area contributed by atoms with Crippen molar-refractivity contribution in [2.24, 2.45) is 0 Å². The monoisotopic (exact) mass is 276 g/mol. The van der Waals surface area contributed by atoms with Crippen molar-refractivity contribution in [1.29, 1.82) is 0 Å². The third-order valence-corrected chi connectivity index (χ3v) is 2.67. The summed E-state index contributed by atoms with van der Waals surface area (Å²) in [6, 6.07) is 9.56. The van der Waals surface area contributed by atoms with Gasteiger partial charge in [-0.05, 0) is 49.5 Å². The summed E-state index contributed by atoms with van der Waals surface area (Å²) < 4.78 is 5.37. The summed E-state index contributed by atoms with van der Waals surface area (Å²) in [6.45, 7) is 3.24. The van der Waals surface area contributed by atoms with Gasteiger partial charge in [-0.25, -0.2) is 0 Å². The van der Waals surface area contributed by atoms with Crippen molar-refractivity contribution in [2.75, 3.05) is 11.9 Å². The Kier molecular flexibility index (Phi) is 4.74. The number of benzene rings is 1. The summed E-state index contributed by atoms with van der Waals surface area (Å²) in [7, 11) is 0. The van der Waals surface area contributed by atoms with Crippen LogP contribution in [0.4, 0.5) is 5.69 Å². The highest BCUT2D eigenvalue weighted by Crippen LogP contribution is 2.15. The summed E-state index contributed by atoms with van der Waals surface area (Å²) >= 11 is 5.21. The first-order valence-electron chi connectivity index (χ1n) is 6.04. The molecule has 0 amide bonds. The molecule has 1 aromatic heterocycles. The maximum absolute atomic E-state index is 5.37. The molecule has 0 fully saturated rings. The summed E-state index contributed by atoms with van der Waals surface area (Å²) in [5.74, 6) is 0.851. The lowest BCUT2D eigenvalue weighted by atomic mass is 10.3. The molecule has 0 unspecified atom stereocenters. The Morgan fingerprint density at radius 3 is 2.74 bits per heavy atom. The van der Waals surface area contributed by atoms with Crippen LogP contribution in [0.2, 0.25) is 0 Å². The molecular weight excluding hydrogens is 260 g/mol. The topological polar surface area (TPSA) is 62.0 Å². The maximum Gasteiger partial charge on any atom is 0.171 e. The van der Waals surface area contributed by atoms with Crippen molar-refractivity contribution in [3.63, 3.8) is 0 Å². The number of ether oxygens (including phenoxy) is 1. The molecule has 0 saturated carbocycles. The van der Waals surface area contributed by atoms with Crippen molar-refractivity contribution in [3.8, 4) is 5.75 Å². The average molecular weight is 276 g/mol. The highest BCUT2D eigenvalue weighted by Gasteiger charge is 1.99. The second-order valence-electron chi connectivity index (χ2n) is 3.85. The number of hydrogen-bond acceptors (Lipinski definition) is 3. The lowest BCUT2D eigenvalue weighted by Gasteiger charge is -2.10. The van der Waals surface area contributed by atoms with Gasteiger partial charge in [-0.1, -0.05) is 0 Å². The van der Waals surface area contributed by atoms with Crippen LogP contribution in [-0.2, 0) is 6.54 Å². The second kappa shape index (κ2) is 6.75. The number of rotatable bonds is 5. The third-order valence-electron chi connectivity index (χ3n) is 2.42. The summed E-state index contributed by atoms with van der Waals surface area (Å²) in [5, 5.41) is 13.5. The van der Waals surface area contributed by atoms with Crippen LogP contribution in [0, 0.1) is 0 Å². The zero-order valence-corrected chi connectivity index (χ0v) is 11.5. The standard InChI is InChI=1S/C13H16N4OS/c1-2-18-12-5-3-10(4-6-12)16-13(19)14-9-11-7-8-15-17-11/h3-8H,2,9H2,1H3,(H,15,17)(H2,14,16,19). The minimum absolute atomic E-state index is 0.568. The van der Waals surface area contributed by atoms with E-state index in [2.05, 4.69) is 20.8 Å². The van der Waals surface area contributed by atoms with Crippen LogP contribution in [0.1, 0.15) is 12.6 Å². The van der Waals surface area contributed by atoms with Crippen LogP contribution < -0.4 is 15.4 Å². The van der Waals surface area contributed by atoms with E-state index >= 15 is 0 Å². The first-order chi connectivity index (χ1) is 9.28. The molecule has 0 spiro atoms. The number of anilines is 1. The quantitative estimate of drug-likeness (QED) is 0.731. The maximum atomic E-state index is 5.37. The van der Waals surface area contributed by atoms with E-state index < -0.39 is 0 Å². The lowest BCUT2D eigenvalue weighted by molar-refractivity contribution is 0.340. The van der Waals surface area contributed by atoms with E-state index in [-0.39, 0.29) is 0 Å². The van der Waals surface area contributed by atoms with Gasteiger partial charge in [0.15, 0.2) is 5.11 Å². The molecule has 3 N–H and O–H groups in total. The molecule has 2 aromatic rings. The number of nitrogens with one attached hydrogen (secondary N) is 3. The fourth-order valence-electron chi connectivity index (χ4n) is 1.54. The van der Waals surface area contributed by atoms with Crippen molar-refractivity contribution < 1.29 is 4.74 Å². The number of H-pyrrole nitrogens is 1. The molecule has 0 saturated heterocycles. The molecule has 0 aliphatic carbocycles. The van der Waals surface area contributed by atoms with Gasteiger partial charge in [0.05, 0.1) is 18.8 Å². The molecule has 6 heteroatoms. The fourth-order valence-corrected chi connectivity index (χ4v) is 1.73. The largest absolute Gasteiger partial charge is 0.494 e. The summed E-state index contributed by atoms with van der Waals surface area (Å²) in [4.78, 5) is 0. The molecule has 0 radical (unpaired) electrons. The van der Waals surface area contributed by atoms with E-state index in [1.54, 1.807) is 6.20 Å². The Balaban J connectivity index is 1.81. The fraction of sp³-hybridized carbons (Fsp3) is 0.231. The van der Waals surface area contributed by atoms with Gasteiger partial charge in [-0.15, -0.1) is 0 Å². The van der Waals surface area contributed by atoms with Crippen LogP contribution in [0.15, 0.2) is 36.5 Å². The molecule has 5 nitrogen and oxygen atoms in total. The Morgan fingerprint density at radius 1 is 1.32 bits per heavy atom. The molecule has 19 heavy (non-hydrogen) atoms. The predicted molar refractivity (Wildman–Crippen MR) is 79.3 cm³/mol. The zero-order valence-electron chi connectivity index (χ0n) is 10.6. The highest BCUT2D eigenvalue weighted by molar-refractivity contribution is 7.80. The van der Waals surface area contributed by atoms with Gasteiger partial charge >= 0.3 is 0 Å². The predicted octanol–water partition coefficient (Wildman–Crippen LogP) is 2.29. The van der Waals surface area contributed by atoms with E-state index in [4.69, 9.17) is 17.0 Å². The van der Waals surface area contributed by atoms with E-state index in [9.17, 15) is 0 Å². The number of nitrogens with zero attached hydrogens (tertiary/aromatic N) is 1. The van der Waals surface area contributed by atoms with E-state index in [0.717, 1.165) is 17.1 Å². The molecule has 0 aliphatic rings. The number of aromatic nitrogens is 2. The van der Waals surface area contributed by atoms with Crippen LogP contribution in [0.3, 0.4) is 0 Å². The van der Waals surface area contributed by atoms with Crippen LogP contribution in [0.25, 0.3) is 0 Å². The molecule has 0 atom stereocenters. The normalized spacial score (nSPS) is 9.95. The van der Waals surface area contributed by atoms with Crippen molar-refractivity contribution in [3.05, 3.63) is 42.2 Å². The summed E-state index contributed by atoms with van der Waals surface area (Å²) in [6.07, 6.45) is 1.71. The number of thiocarbonyl (C=S) groups is 1. The Morgan fingerprint density at radius 2 is 2.11 bits per heavy atom. The average Bonchev–Trinajstić information content (AvgIpc) is 2.92. The number of aromatic amines is 1. The highest BCUT2D eigenvalue weighted by atomic mass is 32.1. The van der Waals surface area contributed by atoms with Crippen molar-refractivity contribution in [2.45, 2.75) is 13.5 Å². The van der Waals surface area contributed by atoms with Gasteiger partial charge in [-0.3, -0.25) is 5.10 Å². The van der Waals surface area contributed by atoms with Gasteiger partial charge in [0.1, 0.15) is 5.75 Å². The van der Waals surface area contributed by atoms with Gasteiger partial charge in [-0.2, -0.15) is 5.10 Å². The van der Waals surface area contributed by atoms with Crippen LogP contribution in [0.5, 0.6) is 5.75 Å². The first kappa shape index (κ1) is 13.4. The van der Waals surface area contributed by atoms with Crippen molar-refractivity contribution in [1.82, 2.24) is 15.5 Å². The molecule has 100 valence electrons. The molecule has 1 aromatic carbocycles. The first-order valence-corrected chi connectivity index (χ1v) is 6.44. The molecule has 1 heterocycles. The Bertz CT molecular complexity index is 510. The van der Waals surface area contributed by atoms with Crippen LogP contribution >= 0.6 is 12.2 Å². The smallest absolute Gasteiger partial charge is 0.171 e. The van der Waals surface area contributed by atoms with E-state index in [1.165, 1.54) is 0 Å². The lowest BCUT2D eigenvalue weighted by Crippen LogP contribution is -2.27. The molecule has 0 bridgehead atoms. The molecular formula is C13H16N4OS. The van der Waals surface area contributed by atoms with Gasteiger partial charge in [0, 0.05) is 11.9 Å². The minimum Gasteiger partial charge on any atom is -0.494 e. The zero-order chi connectivity index (χ0) is 13.5. The van der Waals surface area contributed by atoms with Crippen LogP contribution in [-0.4, -0.2) is 21.9 Å². The second-order valence-corrected chi connectivity index (χ2v) is 4.26. The Labute approximate surface area is 117 Å². The third kappa shape index (κ3) is 4.26.